The second kappa shape index (κ2) is 6.26. The number of anilines is 1. The van der Waals surface area contributed by atoms with Crippen molar-refractivity contribution in [3.05, 3.63) is 11.9 Å². The largest absolute Gasteiger partial charge is 0.396 e. The molecule has 0 atom stereocenters. The number of hydrogen-bond donors (Lipinski definition) is 1. The highest BCUT2D eigenvalue weighted by Crippen LogP contribution is 2.19. The Bertz CT molecular complexity index is 443. The zero-order chi connectivity index (χ0) is 14.7. The van der Waals surface area contributed by atoms with Crippen LogP contribution in [0.5, 0.6) is 0 Å². The lowest BCUT2D eigenvalue weighted by molar-refractivity contribution is 0.0633. The monoisotopic (exact) mass is 279 g/mol. The molecule has 1 fully saturated rings. The standard InChI is InChI=1S/C14H25N5O/c1-4-7-19-8-5-11(6-9-19)17(2)14(20)13-12(15)10-16-18(13)3/h10-11H,4-9,15H2,1-3H3. The van der Waals surface area contributed by atoms with Gasteiger partial charge in [0, 0.05) is 33.2 Å². The first kappa shape index (κ1) is 14.8. The molecule has 1 aliphatic heterocycles. The summed E-state index contributed by atoms with van der Waals surface area (Å²) < 4.78 is 1.56. The molecule has 0 saturated carbocycles. The highest BCUT2D eigenvalue weighted by molar-refractivity contribution is 5.97. The van der Waals surface area contributed by atoms with Crippen molar-refractivity contribution >= 4 is 11.6 Å². The van der Waals surface area contributed by atoms with E-state index >= 15 is 0 Å². The lowest BCUT2D eigenvalue weighted by Crippen LogP contribution is -2.46. The second-order valence-corrected chi connectivity index (χ2v) is 5.56. The number of carbonyl (C=O) groups is 1. The van der Waals surface area contributed by atoms with Gasteiger partial charge in [-0.25, -0.2) is 0 Å². The van der Waals surface area contributed by atoms with Gasteiger partial charge in [-0.15, -0.1) is 0 Å². The van der Waals surface area contributed by atoms with Gasteiger partial charge in [-0.05, 0) is 25.8 Å². The first-order chi connectivity index (χ1) is 9.54. The van der Waals surface area contributed by atoms with E-state index in [4.69, 9.17) is 5.73 Å². The minimum atomic E-state index is -0.0311. The van der Waals surface area contributed by atoms with Crippen LogP contribution < -0.4 is 5.73 Å². The fourth-order valence-electron chi connectivity index (χ4n) is 2.90. The number of aryl methyl sites for hydroxylation is 1. The molecule has 6 nitrogen and oxygen atoms in total. The van der Waals surface area contributed by atoms with Gasteiger partial charge in [0.2, 0.25) is 0 Å². The fraction of sp³-hybridized carbons (Fsp3) is 0.714. The average Bonchev–Trinajstić information content (AvgIpc) is 2.78. The van der Waals surface area contributed by atoms with Crippen molar-refractivity contribution in [3.63, 3.8) is 0 Å². The number of carbonyl (C=O) groups excluding carboxylic acids is 1. The maximum Gasteiger partial charge on any atom is 0.274 e. The van der Waals surface area contributed by atoms with Gasteiger partial charge in [0.25, 0.3) is 5.91 Å². The summed E-state index contributed by atoms with van der Waals surface area (Å²) in [6, 6.07) is 0.296. The summed E-state index contributed by atoms with van der Waals surface area (Å²) in [5.74, 6) is -0.0311. The Kier molecular flexibility index (Phi) is 4.65. The van der Waals surface area contributed by atoms with Crippen LogP contribution in [0.4, 0.5) is 5.69 Å². The van der Waals surface area contributed by atoms with E-state index < -0.39 is 0 Å². The number of nitrogens with two attached hydrogens (primary N) is 1. The second-order valence-electron chi connectivity index (χ2n) is 5.56. The molecule has 2 heterocycles. The molecule has 6 heteroatoms. The van der Waals surface area contributed by atoms with E-state index in [9.17, 15) is 4.79 Å². The number of hydrogen-bond acceptors (Lipinski definition) is 4. The molecule has 2 N–H and O–H groups in total. The maximum absolute atomic E-state index is 12.5. The van der Waals surface area contributed by atoms with Crippen LogP contribution in [-0.2, 0) is 7.05 Å². The normalized spacial score (nSPS) is 17.4. The van der Waals surface area contributed by atoms with Gasteiger partial charge in [-0.3, -0.25) is 9.48 Å². The van der Waals surface area contributed by atoms with Gasteiger partial charge in [-0.2, -0.15) is 5.10 Å². The van der Waals surface area contributed by atoms with Crippen molar-refractivity contribution in [3.8, 4) is 0 Å². The number of nitrogens with zero attached hydrogens (tertiary/aromatic N) is 4. The predicted octanol–water partition coefficient (Wildman–Crippen LogP) is 0.949. The van der Waals surface area contributed by atoms with E-state index in [1.807, 2.05) is 11.9 Å². The molecule has 1 aliphatic rings. The molecule has 0 spiro atoms. The Balaban J connectivity index is 1.98. The van der Waals surface area contributed by atoms with Gasteiger partial charge >= 0.3 is 0 Å². The summed E-state index contributed by atoms with van der Waals surface area (Å²) in [4.78, 5) is 16.8. The summed E-state index contributed by atoms with van der Waals surface area (Å²) >= 11 is 0. The molecule has 0 bridgehead atoms. The van der Waals surface area contributed by atoms with Crippen LogP contribution in [-0.4, -0.2) is 58.2 Å². The predicted molar refractivity (Wildman–Crippen MR) is 79.5 cm³/mol. The third-order valence-corrected chi connectivity index (χ3v) is 4.13. The zero-order valence-corrected chi connectivity index (χ0v) is 12.7. The summed E-state index contributed by atoms with van der Waals surface area (Å²) in [7, 11) is 3.62. The lowest BCUT2D eigenvalue weighted by Gasteiger charge is -2.36. The fourth-order valence-corrected chi connectivity index (χ4v) is 2.90. The van der Waals surface area contributed by atoms with Crippen LogP contribution in [0, 0.1) is 0 Å². The Hall–Kier alpha value is -1.56. The average molecular weight is 279 g/mol. The summed E-state index contributed by atoms with van der Waals surface area (Å²) in [6.07, 6.45) is 4.77. The molecule has 1 saturated heterocycles. The molecular formula is C14H25N5O. The van der Waals surface area contributed by atoms with Crippen LogP contribution >= 0.6 is 0 Å². The van der Waals surface area contributed by atoms with Gasteiger partial charge < -0.3 is 15.5 Å². The highest BCUT2D eigenvalue weighted by atomic mass is 16.2. The zero-order valence-electron chi connectivity index (χ0n) is 12.7. The van der Waals surface area contributed by atoms with Gasteiger partial charge in [0.05, 0.1) is 11.9 Å². The third kappa shape index (κ3) is 2.95. The number of likely N-dealkylation sites (tertiary alicyclic amines) is 1. The van der Waals surface area contributed by atoms with Crippen molar-refractivity contribution in [2.45, 2.75) is 32.2 Å². The molecular weight excluding hydrogens is 254 g/mol. The highest BCUT2D eigenvalue weighted by Gasteiger charge is 2.28. The van der Waals surface area contributed by atoms with Crippen LogP contribution in [0.15, 0.2) is 6.20 Å². The molecule has 0 aliphatic carbocycles. The molecule has 20 heavy (non-hydrogen) atoms. The van der Waals surface area contributed by atoms with Crippen LogP contribution in [0.1, 0.15) is 36.7 Å². The Morgan fingerprint density at radius 1 is 1.50 bits per heavy atom. The number of aromatic nitrogens is 2. The molecule has 0 radical (unpaired) electrons. The van der Waals surface area contributed by atoms with E-state index in [-0.39, 0.29) is 5.91 Å². The van der Waals surface area contributed by atoms with E-state index in [0.29, 0.717) is 17.4 Å². The number of rotatable bonds is 4. The lowest BCUT2D eigenvalue weighted by atomic mass is 10.0. The SMILES string of the molecule is CCCN1CCC(N(C)C(=O)c2c(N)cnn2C)CC1. The summed E-state index contributed by atoms with van der Waals surface area (Å²) in [6.45, 7) is 5.49. The van der Waals surface area contributed by atoms with Gasteiger partial charge in [0.15, 0.2) is 0 Å². The van der Waals surface area contributed by atoms with Gasteiger partial charge in [-0.1, -0.05) is 6.92 Å². The van der Waals surface area contributed by atoms with Crippen LogP contribution in [0.2, 0.25) is 0 Å². The van der Waals surface area contributed by atoms with Crippen molar-refractivity contribution < 1.29 is 4.79 Å². The van der Waals surface area contributed by atoms with Crippen LogP contribution in [0.25, 0.3) is 0 Å². The summed E-state index contributed by atoms with van der Waals surface area (Å²) in [5, 5.41) is 4.04. The summed E-state index contributed by atoms with van der Waals surface area (Å²) in [5.41, 5.74) is 6.77. The molecule has 2 rings (SSSR count). The van der Waals surface area contributed by atoms with E-state index in [0.717, 1.165) is 32.5 Å². The first-order valence-electron chi connectivity index (χ1n) is 7.31. The number of piperidine rings is 1. The molecule has 0 aromatic carbocycles. The molecule has 112 valence electrons. The number of amides is 1. The maximum atomic E-state index is 12.5. The molecule has 1 aromatic heterocycles. The Morgan fingerprint density at radius 3 is 2.65 bits per heavy atom. The third-order valence-electron chi connectivity index (χ3n) is 4.13. The van der Waals surface area contributed by atoms with E-state index in [2.05, 4.69) is 16.9 Å². The Labute approximate surface area is 120 Å². The van der Waals surface area contributed by atoms with Crippen molar-refractivity contribution in [1.82, 2.24) is 19.6 Å². The van der Waals surface area contributed by atoms with Crippen molar-refractivity contribution in [1.29, 1.82) is 0 Å². The molecule has 1 aromatic rings. The van der Waals surface area contributed by atoms with E-state index in [1.165, 1.54) is 12.6 Å². The number of nitrogen functional groups attached to an aromatic ring is 1. The smallest absolute Gasteiger partial charge is 0.274 e. The van der Waals surface area contributed by atoms with Crippen molar-refractivity contribution in [2.24, 2.45) is 7.05 Å². The molecule has 1 amide bonds. The van der Waals surface area contributed by atoms with Crippen molar-refractivity contribution in [2.75, 3.05) is 32.4 Å². The minimum Gasteiger partial charge on any atom is -0.396 e. The minimum absolute atomic E-state index is 0.0311. The van der Waals surface area contributed by atoms with E-state index in [1.54, 1.807) is 11.7 Å². The molecule has 0 unspecified atom stereocenters. The first-order valence-corrected chi connectivity index (χ1v) is 7.31. The van der Waals surface area contributed by atoms with Crippen LogP contribution in [0.3, 0.4) is 0 Å². The Morgan fingerprint density at radius 2 is 2.15 bits per heavy atom. The topological polar surface area (TPSA) is 67.4 Å². The van der Waals surface area contributed by atoms with Gasteiger partial charge in [0.1, 0.15) is 5.69 Å². The quantitative estimate of drug-likeness (QED) is 0.891.